The van der Waals surface area contributed by atoms with E-state index in [1.165, 1.54) is 12.8 Å². The number of para-hydroxylation sites is 1. The highest BCUT2D eigenvalue weighted by atomic mass is 16.2. The van der Waals surface area contributed by atoms with Crippen molar-refractivity contribution in [3.63, 3.8) is 0 Å². The summed E-state index contributed by atoms with van der Waals surface area (Å²) in [5.74, 6) is 0.800. The van der Waals surface area contributed by atoms with Crippen LogP contribution in [-0.2, 0) is 4.79 Å². The fourth-order valence-corrected chi connectivity index (χ4v) is 3.65. The number of nitrogens with zero attached hydrogens (tertiary/aromatic N) is 2. The molecule has 3 nitrogen and oxygen atoms in total. The molecular weight excluding hydrogens is 320 g/mol. The zero-order valence-corrected chi connectivity index (χ0v) is 16.9. The van der Waals surface area contributed by atoms with Crippen molar-refractivity contribution in [3.05, 3.63) is 36.5 Å². The number of pyridine rings is 1. The molecular formula is C23H32N2O. The fourth-order valence-electron chi connectivity index (χ4n) is 3.65. The number of carbonyl (C=O) groups excluding carboxylic acids is 1. The Morgan fingerprint density at radius 2 is 1.88 bits per heavy atom. The molecule has 1 atom stereocenters. The molecule has 1 aliphatic rings. The third-order valence-corrected chi connectivity index (χ3v) is 5.92. The molecule has 26 heavy (non-hydrogen) atoms. The van der Waals surface area contributed by atoms with E-state index in [1.807, 2.05) is 29.3 Å². The van der Waals surface area contributed by atoms with E-state index in [0.717, 1.165) is 36.0 Å². The summed E-state index contributed by atoms with van der Waals surface area (Å²) in [7, 11) is 0. The van der Waals surface area contributed by atoms with Crippen LogP contribution in [0.5, 0.6) is 0 Å². The molecule has 0 bridgehead atoms. The van der Waals surface area contributed by atoms with Crippen molar-refractivity contribution in [1.82, 2.24) is 4.98 Å². The number of anilines is 1. The lowest BCUT2D eigenvalue weighted by Gasteiger charge is -2.35. The zero-order chi connectivity index (χ0) is 18.9. The maximum absolute atomic E-state index is 13.6. The third-order valence-electron chi connectivity index (χ3n) is 5.92. The molecule has 0 saturated heterocycles. The molecule has 3 rings (SSSR count). The van der Waals surface area contributed by atoms with Gasteiger partial charge in [-0.3, -0.25) is 9.78 Å². The van der Waals surface area contributed by atoms with Crippen molar-refractivity contribution in [2.24, 2.45) is 16.7 Å². The van der Waals surface area contributed by atoms with Gasteiger partial charge in [-0.05, 0) is 49.1 Å². The van der Waals surface area contributed by atoms with Crippen molar-refractivity contribution in [3.8, 4) is 0 Å². The van der Waals surface area contributed by atoms with E-state index in [0.29, 0.717) is 5.92 Å². The second-order valence-electron chi connectivity index (χ2n) is 9.20. The Balaban J connectivity index is 1.97. The number of aromatic nitrogens is 1. The predicted octanol–water partition coefficient (Wildman–Crippen LogP) is 5.83. The maximum Gasteiger partial charge on any atom is 0.233 e. The minimum absolute atomic E-state index is 0.186. The Hall–Kier alpha value is -1.90. The first-order chi connectivity index (χ1) is 12.2. The van der Waals surface area contributed by atoms with Crippen molar-refractivity contribution in [1.29, 1.82) is 0 Å². The van der Waals surface area contributed by atoms with Crippen LogP contribution >= 0.6 is 0 Å². The van der Waals surface area contributed by atoms with E-state index in [9.17, 15) is 4.79 Å². The van der Waals surface area contributed by atoms with Gasteiger partial charge in [0.1, 0.15) is 0 Å². The molecule has 140 valence electrons. The topological polar surface area (TPSA) is 33.2 Å². The fraction of sp³-hybridized carbons (Fsp3) is 0.565. The molecule has 1 saturated carbocycles. The lowest BCUT2D eigenvalue weighted by atomic mass is 9.80. The van der Waals surface area contributed by atoms with E-state index in [4.69, 9.17) is 0 Å². The van der Waals surface area contributed by atoms with Crippen molar-refractivity contribution in [2.75, 3.05) is 11.4 Å². The SMILES string of the molecule is CCC(C)(C(=O)N(CCC(C)(C)C)c1cnc2ccccc2c1)C1CC1. The van der Waals surface area contributed by atoms with E-state index in [2.05, 4.69) is 51.7 Å². The van der Waals surface area contributed by atoms with Crippen LogP contribution < -0.4 is 4.90 Å². The standard InChI is InChI=1S/C23H32N2O/c1-6-23(5,18-11-12-18)21(26)25(14-13-22(2,3)4)19-15-17-9-7-8-10-20(17)24-16-19/h7-10,15-16,18H,6,11-14H2,1-5H3. The van der Waals surface area contributed by atoms with Crippen LogP contribution in [0.15, 0.2) is 36.5 Å². The van der Waals surface area contributed by atoms with Gasteiger partial charge in [-0.15, -0.1) is 0 Å². The van der Waals surface area contributed by atoms with Gasteiger partial charge in [0.2, 0.25) is 5.91 Å². The Labute approximate surface area is 157 Å². The molecule has 1 fully saturated rings. The van der Waals surface area contributed by atoms with Gasteiger partial charge in [0, 0.05) is 17.3 Å². The molecule has 0 radical (unpaired) electrons. The summed E-state index contributed by atoms with van der Waals surface area (Å²) < 4.78 is 0. The monoisotopic (exact) mass is 352 g/mol. The van der Waals surface area contributed by atoms with E-state index in [1.54, 1.807) is 0 Å². The Kier molecular flexibility index (Phi) is 5.09. The van der Waals surface area contributed by atoms with Crippen LogP contribution in [0.3, 0.4) is 0 Å². The number of benzene rings is 1. The highest BCUT2D eigenvalue weighted by molar-refractivity contribution is 5.99. The lowest BCUT2D eigenvalue weighted by molar-refractivity contribution is -0.128. The lowest BCUT2D eigenvalue weighted by Crippen LogP contribution is -2.45. The zero-order valence-electron chi connectivity index (χ0n) is 16.9. The summed E-state index contributed by atoms with van der Waals surface area (Å²) in [6.45, 7) is 11.7. The molecule has 1 aromatic heterocycles. The van der Waals surface area contributed by atoms with Gasteiger partial charge >= 0.3 is 0 Å². The van der Waals surface area contributed by atoms with Crippen LogP contribution in [-0.4, -0.2) is 17.4 Å². The molecule has 1 amide bonds. The smallest absolute Gasteiger partial charge is 0.233 e. The van der Waals surface area contributed by atoms with Crippen LogP contribution in [0.1, 0.15) is 60.3 Å². The minimum atomic E-state index is -0.260. The van der Waals surface area contributed by atoms with Gasteiger partial charge in [-0.1, -0.05) is 52.8 Å². The van der Waals surface area contributed by atoms with E-state index < -0.39 is 0 Å². The van der Waals surface area contributed by atoms with Crippen molar-refractivity contribution < 1.29 is 4.79 Å². The number of carbonyl (C=O) groups is 1. The quantitative estimate of drug-likeness (QED) is 0.655. The first-order valence-electron chi connectivity index (χ1n) is 9.91. The number of hydrogen-bond donors (Lipinski definition) is 0. The van der Waals surface area contributed by atoms with Gasteiger partial charge in [0.25, 0.3) is 0 Å². The number of fused-ring (bicyclic) bond motifs is 1. The minimum Gasteiger partial charge on any atom is -0.310 e. The highest BCUT2D eigenvalue weighted by Crippen LogP contribution is 2.49. The molecule has 2 aromatic rings. The highest BCUT2D eigenvalue weighted by Gasteiger charge is 2.47. The van der Waals surface area contributed by atoms with Crippen molar-refractivity contribution >= 4 is 22.5 Å². The molecule has 1 aromatic carbocycles. The predicted molar refractivity (Wildman–Crippen MR) is 109 cm³/mol. The number of amides is 1. The molecule has 1 heterocycles. The average Bonchev–Trinajstić information content (AvgIpc) is 3.45. The molecule has 0 N–H and O–H groups in total. The third kappa shape index (κ3) is 3.92. The number of rotatable bonds is 6. The summed E-state index contributed by atoms with van der Waals surface area (Å²) in [5.41, 5.74) is 1.83. The summed E-state index contributed by atoms with van der Waals surface area (Å²) in [4.78, 5) is 20.2. The average molecular weight is 353 g/mol. The summed E-state index contributed by atoms with van der Waals surface area (Å²) in [6, 6.07) is 10.2. The molecule has 0 spiro atoms. The Morgan fingerprint density at radius 1 is 1.19 bits per heavy atom. The van der Waals surface area contributed by atoms with Crippen LogP contribution in [0.2, 0.25) is 0 Å². The second kappa shape index (κ2) is 7.02. The first-order valence-corrected chi connectivity index (χ1v) is 9.91. The van der Waals surface area contributed by atoms with E-state index in [-0.39, 0.29) is 16.7 Å². The second-order valence-corrected chi connectivity index (χ2v) is 9.20. The Bertz CT molecular complexity index is 788. The van der Waals surface area contributed by atoms with E-state index >= 15 is 0 Å². The number of hydrogen-bond acceptors (Lipinski definition) is 2. The van der Waals surface area contributed by atoms with Gasteiger partial charge < -0.3 is 4.90 Å². The summed E-state index contributed by atoms with van der Waals surface area (Å²) in [6.07, 6.45) is 6.09. The normalized spacial score (nSPS) is 17.1. The van der Waals surface area contributed by atoms with Gasteiger partial charge in [-0.25, -0.2) is 0 Å². The molecule has 1 unspecified atom stereocenters. The van der Waals surface area contributed by atoms with Crippen molar-refractivity contribution in [2.45, 2.75) is 60.3 Å². The largest absolute Gasteiger partial charge is 0.310 e. The van der Waals surface area contributed by atoms with Gasteiger partial charge in [0.05, 0.1) is 17.4 Å². The van der Waals surface area contributed by atoms with Gasteiger partial charge in [-0.2, -0.15) is 0 Å². The summed E-state index contributed by atoms with van der Waals surface area (Å²) in [5, 5.41) is 1.09. The van der Waals surface area contributed by atoms with Crippen LogP contribution in [0, 0.1) is 16.7 Å². The maximum atomic E-state index is 13.6. The van der Waals surface area contributed by atoms with Gasteiger partial charge in [0.15, 0.2) is 0 Å². The molecule has 1 aliphatic carbocycles. The van der Waals surface area contributed by atoms with Crippen LogP contribution in [0.4, 0.5) is 5.69 Å². The molecule has 3 heteroatoms. The first kappa shape index (κ1) is 18.9. The van der Waals surface area contributed by atoms with Crippen LogP contribution in [0.25, 0.3) is 10.9 Å². The Morgan fingerprint density at radius 3 is 2.50 bits per heavy atom. The molecule has 0 aliphatic heterocycles. The summed E-state index contributed by atoms with van der Waals surface area (Å²) >= 11 is 0.